The zero-order chi connectivity index (χ0) is 14.1. The van der Waals surface area contributed by atoms with Crippen LogP contribution in [0.15, 0.2) is 23.1 Å². The van der Waals surface area contributed by atoms with Crippen molar-refractivity contribution in [2.45, 2.75) is 46.2 Å². The molecule has 0 unspecified atom stereocenters. The van der Waals surface area contributed by atoms with Gasteiger partial charge in [-0.15, -0.1) is 6.58 Å². The maximum atomic E-state index is 5.78. The highest BCUT2D eigenvalue weighted by Gasteiger charge is 2.09. The van der Waals surface area contributed by atoms with Crippen molar-refractivity contribution in [2.75, 3.05) is 20.1 Å². The van der Waals surface area contributed by atoms with Crippen molar-refractivity contribution in [3.05, 3.63) is 35.8 Å². The van der Waals surface area contributed by atoms with Crippen LogP contribution < -0.4 is 5.32 Å². The summed E-state index contributed by atoms with van der Waals surface area (Å²) in [4.78, 5) is 2.34. The number of rotatable bonds is 10. The van der Waals surface area contributed by atoms with Gasteiger partial charge in [0.1, 0.15) is 11.5 Å². The molecule has 1 heterocycles. The van der Waals surface area contributed by atoms with Crippen molar-refractivity contribution >= 4 is 0 Å². The summed E-state index contributed by atoms with van der Waals surface area (Å²) in [5, 5.41) is 3.37. The Labute approximate surface area is 117 Å². The molecule has 0 atom stereocenters. The van der Waals surface area contributed by atoms with E-state index in [1.807, 2.05) is 6.08 Å². The lowest BCUT2D eigenvalue weighted by Gasteiger charge is -2.15. The maximum Gasteiger partial charge on any atom is 0.118 e. The van der Waals surface area contributed by atoms with E-state index in [0.717, 1.165) is 50.5 Å². The first-order valence-electron chi connectivity index (χ1n) is 7.25. The van der Waals surface area contributed by atoms with Gasteiger partial charge in [-0.1, -0.05) is 13.0 Å². The van der Waals surface area contributed by atoms with Crippen molar-refractivity contribution in [1.29, 1.82) is 0 Å². The number of allylic oxidation sites excluding steroid dienone is 1. The van der Waals surface area contributed by atoms with Crippen LogP contribution in [0.2, 0.25) is 0 Å². The molecule has 0 aliphatic carbocycles. The zero-order valence-electron chi connectivity index (χ0n) is 12.7. The highest BCUT2D eigenvalue weighted by atomic mass is 16.3. The minimum atomic E-state index is 0.828. The van der Waals surface area contributed by atoms with E-state index in [-0.39, 0.29) is 0 Å². The summed E-state index contributed by atoms with van der Waals surface area (Å²) in [6, 6.07) is 2.18. The van der Waals surface area contributed by atoms with Crippen LogP contribution in [-0.2, 0) is 13.1 Å². The largest absolute Gasteiger partial charge is 0.465 e. The second-order valence-electron chi connectivity index (χ2n) is 5.14. The fourth-order valence-electron chi connectivity index (χ4n) is 2.10. The van der Waals surface area contributed by atoms with Crippen LogP contribution in [0.3, 0.4) is 0 Å². The van der Waals surface area contributed by atoms with Crippen molar-refractivity contribution in [2.24, 2.45) is 0 Å². The molecule has 0 saturated heterocycles. The van der Waals surface area contributed by atoms with Gasteiger partial charge in [-0.25, -0.2) is 0 Å². The molecule has 3 nitrogen and oxygen atoms in total. The molecule has 0 aromatic carbocycles. The van der Waals surface area contributed by atoms with Crippen molar-refractivity contribution in [1.82, 2.24) is 10.2 Å². The van der Waals surface area contributed by atoms with Crippen LogP contribution in [0.25, 0.3) is 0 Å². The summed E-state index contributed by atoms with van der Waals surface area (Å²) in [7, 11) is 2.16. The topological polar surface area (TPSA) is 28.4 Å². The van der Waals surface area contributed by atoms with E-state index in [0.29, 0.717) is 0 Å². The van der Waals surface area contributed by atoms with E-state index in [1.54, 1.807) is 0 Å². The summed E-state index contributed by atoms with van der Waals surface area (Å²) in [5.41, 5.74) is 1.30. The normalized spacial score (nSPS) is 11.2. The summed E-state index contributed by atoms with van der Waals surface area (Å²) >= 11 is 0. The van der Waals surface area contributed by atoms with Gasteiger partial charge in [0.25, 0.3) is 0 Å². The molecule has 1 N–H and O–H groups in total. The Balaban J connectivity index is 2.42. The number of hydrogen-bond acceptors (Lipinski definition) is 3. The molecule has 0 saturated carbocycles. The lowest BCUT2D eigenvalue weighted by atomic mass is 10.2. The van der Waals surface area contributed by atoms with Gasteiger partial charge in [-0.2, -0.15) is 0 Å². The first kappa shape index (κ1) is 16.0. The van der Waals surface area contributed by atoms with Crippen molar-refractivity contribution in [3.63, 3.8) is 0 Å². The molecule has 108 valence electrons. The molecule has 0 amide bonds. The fourth-order valence-corrected chi connectivity index (χ4v) is 2.10. The van der Waals surface area contributed by atoms with Gasteiger partial charge in [0.15, 0.2) is 0 Å². The SMILES string of the molecule is C=CCCCN(C)Cc1cc(CNCCC)oc1C. The van der Waals surface area contributed by atoms with Crippen LogP contribution in [0.5, 0.6) is 0 Å². The van der Waals surface area contributed by atoms with E-state index in [9.17, 15) is 0 Å². The number of hydrogen-bond donors (Lipinski definition) is 1. The third kappa shape index (κ3) is 6.08. The molecule has 0 fully saturated rings. The smallest absolute Gasteiger partial charge is 0.118 e. The monoisotopic (exact) mass is 264 g/mol. The Morgan fingerprint density at radius 3 is 2.95 bits per heavy atom. The average Bonchev–Trinajstić information content (AvgIpc) is 2.71. The van der Waals surface area contributed by atoms with Gasteiger partial charge in [0.05, 0.1) is 6.54 Å². The summed E-state index contributed by atoms with van der Waals surface area (Å²) in [6.07, 6.45) is 5.38. The second-order valence-corrected chi connectivity index (χ2v) is 5.14. The molecule has 3 heteroatoms. The minimum absolute atomic E-state index is 0.828. The zero-order valence-corrected chi connectivity index (χ0v) is 12.7. The Morgan fingerprint density at radius 1 is 1.47 bits per heavy atom. The van der Waals surface area contributed by atoms with Gasteiger partial charge in [-0.3, -0.25) is 0 Å². The molecule has 0 spiro atoms. The molecular formula is C16H28N2O. The highest BCUT2D eigenvalue weighted by Crippen LogP contribution is 2.16. The van der Waals surface area contributed by atoms with Crippen LogP contribution in [0.4, 0.5) is 0 Å². The molecular weight excluding hydrogens is 236 g/mol. The van der Waals surface area contributed by atoms with Gasteiger partial charge >= 0.3 is 0 Å². The molecule has 1 rings (SSSR count). The highest BCUT2D eigenvalue weighted by molar-refractivity contribution is 5.20. The Kier molecular flexibility index (Phi) is 7.53. The molecule has 0 bridgehead atoms. The van der Waals surface area contributed by atoms with Gasteiger partial charge in [-0.05, 0) is 52.4 Å². The lowest BCUT2D eigenvalue weighted by Crippen LogP contribution is -2.19. The molecule has 1 aromatic rings. The van der Waals surface area contributed by atoms with E-state index in [4.69, 9.17) is 4.42 Å². The average molecular weight is 264 g/mol. The molecule has 0 aliphatic rings. The second kappa shape index (κ2) is 8.94. The maximum absolute atomic E-state index is 5.78. The minimum Gasteiger partial charge on any atom is -0.465 e. The molecule has 0 aliphatic heterocycles. The van der Waals surface area contributed by atoms with Gasteiger partial charge in [0.2, 0.25) is 0 Å². The third-order valence-corrected chi connectivity index (χ3v) is 3.19. The van der Waals surface area contributed by atoms with Crippen molar-refractivity contribution < 1.29 is 4.42 Å². The Morgan fingerprint density at radius 2 is 2.26 bits per heavy atom. The van der Waals surface area contributed by atoms with Crippen molar-refractivity contribution in [3.8, 4) is 0 Å². The van der Waals surface area contributed by atoms with Gasteiger partial charge in [0, 0.05) is 12.1 Å². The quantitative estimate of drug-likeness (QED) is 0.518. The Bertz CT molecular complexity index is 371. The van der Waals surface area contributed by atoms with E-state index >= 15 is 0 Å². The lowest BCUT2D eigenvalue weighted by molar-refractivity contribution is 0.320. The molecule has 1 aromatic heterocycles. The van der Waals surface area contributed by atoms with E-state index in [1.165, 1.54) is 12.0 Å². The predicted octanol–water partition coefficient (Wildman–Crippen LogP) is 3.49. The molecule has 19 heavy (non-hydrogen) atoms. The van der Waals surface area contributed by atoms with Crippen LogP contribution in [0.1, 0.15) is 43.3 Å². The number of unbranched alkanes of at least 4 members (excludes halogenated alkanes) is 1. The van der Waals surface area contributed by atoms with Crippen LogP contribution in [-0.4, -0.2) is 25.0 Å². The van der Waals surface area contributed by atoms with E-state index < -0.39 is 0 Å². The summed E-state index contributed by atoms with van der Waals surface area (Å²) in [6.45, 7) is 11.9. The number of nitrogens with one attached hydrogen (secondary N) is 1. The summed E-state index contributed by atoms with van der Waals surface area (Å²) in [5.74, 6) is 2.09. The van der Waals surface area contributed by atoms with Gasteiger partial charge < -0.3 is 14.6 Å². The predicted molar refractivity (Wildman–Crippen MR) is 81.2 cm³/mol. The summed E-state index contributed by atoms with van der Waals surface area (Å²) < 4.78 is 5.78. The van der Waals surface area contributed by atoms with Crippen LogP contribution >= 0.6 is 0 Å². The number of aryl methyl sites for hydroxylation is 1. The molecule has 0 radical (unpaired) electrons. The Hall–Kier alpha value is -1.06. The first-order chi connectivity index (χ1) is 9.17. The fraction of sp³-hybridized carbons (Fsp3) is 0.625. The number of furan rings is 1. The number of nitrogens with zero attached hydrogens (tertiary/aromatic N) is 1. The standard InChI is InChI=1S/C16H28N2O/c1-5-7-8-10-18(4)13-15-11-16(19-14(15)3)12-17-9-6-2/h5,11,17H,1,6-10,12-13H2,2-4H3. The first-order valence-corrected chi connectivity index (χ1v) is 7.25. The van der Waals surface area contributed by atoms with Crippen LogP contribution in [0, 0.1) is 6.92 Å². The van der Waals surface area contributed by atoms with E-state index in [2.05, 4.69) is 43.8 Å². The third-order valence-electron chi connectivity index (χ3n) is 3.19.